The van der Waals surface area contributed by atoms with Crippen molar-refractivity contribution in [1.82, 2.24) is 14.0 Å². The van der Waals surface area contributed by atoms with Crippen LogP contribution in [0.2, 0.25) is 0 Å². The Morgan fingerprint density at radius 2 is 1.20 bits per heavy atom. The van der Waals surface area contributed by atoms with Crippen LogP contribution in [0.3, 0.4) is 0 Å². The van der Waals surface area contributed by atoms with Crippen LogP contribution in [0.15, 0.2) is 144 Å². The maximum absolute atomic E-state index is 6.77. The predicted molar refractivity (Wildman–Crippen MR) is 186 cm³/mol. The standard InChI is InChI=1S/C41H23N3O/c1-2-11-24(12-3-1)38-39-28-22-21-25(23-31(28)33-18-10-20-35(42-38)44(33)39)43-32-17-8-6-15-29(32)36-26-13-4-5-14-27(26)37-30-16-7-9-19-34(30)45-41(37)40(36)43/h1-23H. The second kappa shape index (κ2) is 8.28. The zero-order chi connectivity index (χ0) is 29.2. The van der Waals surface area contributed by atoms with Crippen molar-refractivity contribution in [3.63, 3.8) is 0 Å². The molecule has 11 aromatic rings. The summed E-state index contributed by atoms with van der Waals surface area (Å²) in [6.45, 7) is 0. The highest BCUT2D eigenvalue weighted by Crippen LogP contribution is 2.46. The van der Waals surface area contributed by atoms with E-state index in [1.807, 2.05) is 0 Å². The van der Waals surface area contributed by atoms with E-state index in [9.17, 15) is 0 Å². The summed E-state index contributed by atoms with van der Waals surface area (Å²) >= 11 is 0. The number of aromatic nitrogens is 3. The zero-order valence-electron chi connectivity index (χ0n) is 24.0. The summed E-state index contributed by atoms with van der Waals surface area (Å²) in [5.41, 5.74) is 10.6. The molecule has 0 saturated carbocycles. The van der Waals surface area contributed by atoms with Gasteiger partial charge in [-0.3, -0.25) is 4.40 Å². The minimum Gasteiger partial charge on any atom is -0.454 e. The fourth-order valence-corrected chi connectivity index (χ4v) is 7.83. The van der Waals surface area contributed by atoms with Gasteiger partial charge >= 0.3 is 0 Å². The third kappa shape index (κ3) is 2.89. The maximum atomic E-state index is 6.77. The fourth-order valence-electron chi connectivity index (χ4n) is 7.83. The normalized spacial score (nSPS) is 12.4. The number of furan rings is 1. The van der Waals surface area contributed by atoms with Gasteiger partial charge in [0.15, 0.2) is 5.58 Å². The molecule has 6 aromatic carbocycles. The molecule has 0 spiro atoms. The van der Waals surface area contributed by atoms with Gasteiger partial charge in [-0.2, -0.15) is 0 Å². The van der Waals surface area contributed by atoms with E-state index in [1.54, 1.807) is 0 Å². The molecule has 0 atom stereocenters. The van der Waals surface area contributed by atoms with Crippen molar-refractivity contribution in [1.29, 1.82) is 0 Å². The summed E-state index contributed by atoms with van der Waals surface area (Å²) < 4.78 is 11.5. The van der Waals surface area contributed by atoms with Crippen molar-refractivity contribution in [2.45, 2.75) is 0 Å². The van der Waals surface area contributed by atoms with Crippen LogP contribution < -0.4 is 0 Å². The highest BCUT2D eigenvalue weighted by atomic mass is 16.3. The molecule has 4 heteroatoms. The second-order valence-electron chi connectivity index (χ2n) is 11.9. The molecule has 208 valence electrons. The highest BCUT2D eigenvalue weighted by molar-refractivity contribution is 6.35. The molecule has 4 nitrogen and oxygen atoms in total. The van der Waals surface area contributed by atoms with Crippen LogP contribution in [0.4, 0.5) is 0 Å². The Hall–Kier alpha value is -6.13. The van der Waals surface area contributed by atoms with Crippen molar-refractivity contribution in [2.75, 3.05) is 0 Å². The lowest BCUT2D eigenvalue weighted by Gasteiger charge is -2.10. The fraction of sp³-hybridized carbons (Fsp3) is 0. The molecule has 0 amide bonds. The van der Waals surface area contributed by atoms with Crippen LogP contribution in [-0.4, -0.2) is 14.0 Å². The maximum Gasteiger partial charge on any atom is 0.160 e. The molecule has 0 aliphatic rings. The Morgan fingerprint density at radius 3 is 2.07 bits per heavy atom. The molecule has 0 unspecified atom stereocenters. The van der Waals surface area contributed by atoms with Gasteiger partial charge < -0.3 is 8.98 Å². The van der Waals surface area contributed by atoms with Crippen molar-refractivity contribution < 1.29 is 4.42 Å². The largest absolute Gasteiger partial charge is 0.454 e. The second-order valence-corrected chi connectivity index (χ2v) is 11.9. The summed E-state index contributed by atoms with van der Waals surface area (Å²) in [5, 5.41) is 9.61. The van der Waals surface area contributed by atoms with E-state index in [4.69, 9.17) is 9.40 Å². The van der Waals surface area contributed by atoms with Gasteiger partial charge in [0.2, 0.25) is 0 Å². The number of benzene rings is 6. The summed E-state index contributed by atoms with van der Waals surface area (Å²) in [6, 6.07) is 49.7. The van der Waals surface area contributed by atoms with Gasteiger partial charge in [0.25, 0.3) is 0 Å². The first-order chi connectivity index (χ1) is 22.3. The Labute approximate surface area is 256 Å². The monoisotopic (exact) mass is 573 g/mol. The molecule has 0 N–H and O–H groups in total. The first-order valence-corrected chi connectivity index (χ1v) is 15.3. The molecule has 0 aliphatic heterocycles. The van der Waals surface area contributed by atoms with E-state index < -0.39 is 0 Å². The third-order valence-corrected chi connectivity index (χ3v) is 9.63. The molecule has 0 bridgehead atoms. The highest BCUT2D eigenvalue weighted by Gasteiger charge is 2.24. The smallest absolute Gasteiger partial charge is 0.160 e. The number of imidazole rings is 1. The van der Waals surface area contributed by atoms with Crippen molar-refractivity contribution >= 4 is 82.0 Å². The Morgan fingerprint density at radius 1 is 0.489 bits per heavy atom. The molecular formula is C41H23N3O. The molecular weight excluding hydrogens is 550 g/mol. The summed E-state index contributed by atoms with van der Waals surface area (Å²) in [7, 11) is 0. The Kier molecular flexibility index (Phi) is 4.29. The first kappa shape index (κ1) is 23.3. The third-order valence-electron chi connectivity index (χ3n) is 9.63. The molecule has 0 fully saturated rings. The van der Waals surface area contributed by atoms with Crippen LogP contribution >= 0.6 is 0 Å². The number of para-hydroxylation sites is 2. The number of hydrogen-bond donors (Lipinski definition) is 0. The van der Waals surface area contributed by atoms with Gasteiger partial charge in [-0.25, -0.2) is 4.98 Å². The molecule has 45 heavy (non-hydrogen) atoms. The van der Waals surface area contributed by atoms with Crippen molar-refractivity contribution in [3.05, 3.63) is 140 Å². The van der Waals surface area contributed by atoms with Crippen LogP contribution in [0.5, 0.6) is 0 Å². The van der Waals surface area contributed by atoms with E-state index in [2.05, 4.69) is 148 Å². The van der Waals surface area contributed by atoms with Gasteiger partial charge in [-0.15, -0.1) is 0 Å². The number of pyridine rings is 1. The number of hydrogen-bond acceptors (Lipinski definition) is 2. The molecule has 5 aromatic heterocycles. The van der Waals surface area contributed by atoms with Gasteiger partial charge in [0, 0.05) is 43.6 Å². The lowest BCUT2D eigenvalue weighted by molar-refractivity contribution is 0.671. The van der Waals surface area contributed by atoms with E-state index in [0.29, 0.717) is 0 Å². The van der Waals surface area contributed by atoms with E-state index in [1.165, 1.54) is 32.3 Å². The lowest BCUT2D eigenvalue weighted by atomic mass is 9.99. The van der Waals surface area contributed by atoms with Gasteiger partial charge in [-0.1, -0.05) is 103 Å². The molecule has 0 radical (unpaired) electrons. The van der Waals surface area contributed by atoms with E-state index in [0.717, 1.165) is 66.6 Å². The first-order valence-electron chi connectivity index (χ1n) is 15.3. The minimum atomic E-state index is 0.905. The van der Waals surface area contributed by atoms with Crippen LogP contribution in [0.1, 0.15) is 0 Å². The average molecular weight is 574 g/mol. The Bertz CT molecular complexity index is 2980. The number of rotatable bonds is 2. The van der Waals surface area contributed by atoms with Crippen LogP contribution in [-0.2, 0) is 0 Å². The summed E-state index contributed by atoms with van der Waals surface area (Å²) in [6.07, 6.45) is 0. The number of fused-ring (bicyclic) bond motifs is 13. The van der Waals surface area contributed by atoms with Crippen molar-refractivity contribution in [2.24, 2.45) is 0 Å². The SMILES string of the molecule is c1ccc(-c2nc3cccc4c5cc(-n6c7ccccc7c7c8ccccc8c8c9ccccc9oc8c76)ccc5c2n34)cc1. The summed E-state index contributed by atoms with van der Waals surface area (Å²) in [5.74, 6) is 0. The topological polar surface area (TPSA) is 35.4 Å². The minimum absolute atomic E-state index is 0.905. The van der Waals surface area contributed by atoms with Gasteiger partial charge in [0.1, 0.15) is 11.2 Å². The van der Waals surface area contributed by atoms with Crippen LogP contribution in [0.25, 0.3) is 98.9 Å². The molecule has 11 rings (SSSR count). The Balaban J connectivity index is 1.32. The number of nitrogens with zero attached hydrogens (tertiary/aromatic N) is 3. The quantitative estimate of drug-likeness (QED) is 0.206. The van der Waals surface area contributed by atoms with Crippen molar-refractivity contribution in [3.8, 4) is 16.9 Å². The van der Waals surface area contributed by atoms with Crippen LogP contribution in [0, 0.1) is 0 Å². The van der Waals surface area contributed by atoms with E-state index >= 15 is 0 Å². The molecule has 5 heterocycles. The molecule has 0 saturated heterocycles. The average Bonchev–Trinajstić information content (AvgIpc) is 3.85. The lowest BCUT2D eigenvalue weighted by Crippen LogP contribution is -1.94. The predicted octanol–water partition coefficient (Wildman–Crippen LogP) is 10.9. The summed E-state index contributed by atoms with van der Waals surface area (Å²) in [4.78, 5) is 5.08. The zero-order valence-corrected chi connectivity index (χ0v) is 24.0. The molecule has 0 aliphatic carbocycles. The van der Waals surface area contributed by atoms with Gasteiger partial charge in [0.05, 0.1) is 27.8 Å². The van der Waals surface area contributed by atoms with E-state index in [-0.39, 0.29) is 0 Å². The van der Waals surface area contributed by atoms with Gasteiger partial charge in [-0.05, 0) is 47.2 Å².